The number of pyridine rings is 1. The molecule has 0 bridgehead atoms. The third-order valence-electron chi connectivity index (χ3n) is 4.11. The number of para-hydroxylation sites is 1. The largest absolute Gasteiger partial charge is 0.384 e. The summed E-state index contributed by atoms with van der Waals surface area (Å²) in [7, 11) is 0. The molecule has 0 aliphatic rings. The second kappa shape index (κ2) is 6.61. The van der Waals surface area contributed by atoms with E-state index in [-0.39, 0.29) is 0 Å². The zero-order chi connectivity index (χ0) is 15.4. The number of rotatable bonds is 5. The van der Waals surface area contributed by atoms with Crippen LogP contribution in [0.1, 0.15) is 30.4 Å². The molecule has 2 aromatic carbocycles. The zero-order valence-electron chi connectivity index (χ0n) is 13.2. The van der Waals surface area contributed by atoms with Gasteiger partial charge in [-0.25, -0.2) is 0 Å². The molecule has 0 aliphatic heterocycles. The maximum Gasteiger partial charge on any atom is 0.0703 e. The van der Waals surface area contributed by atoms with Crippen molar-refractivity contribution in [2.24, 2.45) is 0 Å². The lowest BCUT2D eigenvalue weighted by molar-refractivity contribution is 0.705. The summed E-state index contributed by atoms with van der Waals surface area (Å²) in [6.07, 6.45) is 3.02. The van der Waals surface area contributed by atoms with Gasteiger partial charge in [0.2, 0.25) is 0 Å². The topological polar surface area (TPSA) is 24.9 Å². The normalized spacial score (nSPS) is 12.3. The number of nitrogens with zero attached hydrogens (tertiary/aromatic N) is 1. The van der Waals surface area contributed by atoms with Gasteiger partial charge in [-0.2, -0.15) is 0 Å². The van der Waals surface area contributed by atoms with Crippen LogP contribution in [0.4, 0.5) is 5.69 Å². The molecule has 1 heterocycles. The van der Waals surface area contributed by atoms with Crippen LogP contribution in [0.5, 0.6) is 0 Å². The van der Waals surface area contributed by atoms with Gasteiger partial charge < -0.3 is 5.32 Å². The van der Waals surface area contributed by atoms with Crippen molar-refractivity contribution in [3.8, 4) is 0 Å². The first-order chi connectivity index (χ1) is 10.7. The van der Waals surface area contributed by atoms with Crippen molar-refractivity contribution < 1.29 is 0 Å². The number of aryl methyl sites for hydroxylation is 1. The predicted molar refractivity (Wildman–Crippen MR) is 94.4 cm³/mol. The maximum atomic E-state index is 4.49. The van der Waals surface area contributed by atoms with Crippen LogP contribution in [0.3, 0.4) is 0 Å². The van der Waals surface area contributed by atoms with E-state index in [1.165, 1.54) is 16.5 Å². The van der Waals surface area contributed by atoms with Crippen LogP contribution in [0, 0.1) is 6.92 Å². The summed E-state index contributed by atoms with van der Waals surface area (Å²) in [5.41, 5.74) is 4.88. The van der Waals surface area contributed by atoms with E-state index in [4.69, 9.17) is 0 Å². The number of fused-ring (bicyclic) bond motifs is 1. The van der Waals surface area contributed by atoms with Crippen LogP contribution in [-0.2, 0) is 0 Å². The molecule has 1 aromatic heterocycles. The Balaban J connectivity index is 1.59. The van der Waals surface area contributed by atoms with Crippen LogP contribution < -0.4 is 5.32 Å². The number of hydrogen-bond acceptors (Lipinski definition) is 2. The highest BCUT2D eigenvalue weighted by Crippen LogP contribution is 2.21. The lowest BCUT2D eigenvalue weighted by atomic mass is 9.96. The average Bonchev–Trinajstić information content (AvgIpc) is 2.54. The van der Waals surface area contributed by atoms with E-state index in [2.05, 4.69) is 60.5 Å². The van der Waals surface area contributed by atoms with Crippen molar-refractivity contribution in [3.05, 3.63) is 71.9 Å². The molecular formula is C20H22N2. The molecule has 0 fully saturated rings. The van der Waals surface area contributed by atoms with Crippen LogP contribution in [0.2, 0.25) is 0 Å². The molecular weight excluding hydrogens is 268 g/mol. The summed E-state index contributed by atoms with van der Waals surface area (Å²) in [6.45, 7) is 5.39. The third kappa shape index (κ3) is 3.45. The van der Waals surface area contributed by atoms with Gasteiger partial charge >= 0.3 is 0 Å². The highest BCUT2D eigenvalue weighted by Gasteiger charge is 2.05. The Kier molecular flexibility index (Phi) is 4.38. The predicted octanol–water partition coefficient (Wildman–Crippen LogP) is 5.15. The number of nitrogens with one attached hydrogen (secondary N) is 1. The van der Waals surface area contributed by atoms with Gasteiger partial charge in [-0.3, -0.25) is 4.98 Å². The van der Waals surface area contributed by atoms with Gasteiger partial charge in [-0.15, -0.1) is 0 Å². The van der Waals surface area contributed by atoms with E-state index in [0.717, 1.165) is 24.2 Å². The summed E-state index contributed by atoms with van der Waals surface area (Å²) in [6, 6.07) is 19.2. The number of benzene rings is 2. The Morgan fingerprint density at radius 1 is 1.05 bits per heavy atom. The SMILES string of the molecule is Cc1cccc(C(C)CCNc2cnc3ccccc3c2)c1. The molecule has 2 heteroatoms. The number of anilines is 1. The highest BCUT2D eigenvalue weighted by molar-refractivity contribution is 5.81. The summed E-state index contributed by atoms with van der Waals surface area (Å²) in [5.74, 6) is 0.556. The monoisotopic (exact) mass is 290 g/mol. The molecule has 2 nitrogen and oxygen atoms in total. The molecule has 1 N–H and O–H groups in total. The second-order valence-corrected chi connectivity index (χ2v) is 5.95. The zero-order valence-corrected chi connectivity index (χ0v) is 13.2. The van der Waals surface area contributed by atoms with Crippen molar-refractivity contribution in [2.45, 2.75) is 26.2 Å². The van der Waals surface area contributed by atoms with Crippen LogP contribution in [0.15, 0.2) is 60.8 Å². The molecule has 112 valence electrons. The van der Waals surface area contributed by atoms with Crippen molar-refractivity contribution in [3.63, 3.8) is 0 Å². The Hall–Kier alpha value is -2.35. The van der Waals surface area contributed by atoms with Crippen molar-refractivity contribution in [2.75, 3.05) is 11.9 Å². The van der Waals surface area contributed by atoms with Gasteiger partial charge in [0.25, 0.3) is 0 Å². The molecule has 0 aliphatic carbocycles. The van der Waals surface area contributed by atoms with Crippen molar-refractivity contribution >= 4 is 16.6 Å². The second-order valence-electron chi connectivity index (χ2n) is 5.95. The molecule has 0 amide bonds. The average molecular weight is 290 g/mol. The van der Waals surface area contributed by atoms with Gasteiger partial charge in [0, 0.05) is 11.9 Å². The van der Waals surface area contributed by atoms with Gasteiger partial charge in [-0.1, -0.05) is 55.0 Å². The standard InChI is InChI=1S/C20H22N2/c1-15-6-5-8-17(12-15)16(2)10-11-21-19-13-18-7-3-4-9-20(18)22-14-19/h3-9,12-14,16,21H,10-11H2,1-2H3. The molecule has 22 heavy (non-hydrogen) atoms. The summed E-state index contributed by atoms with van der Waals surface area (Å²) in [5, 5.41) is 4.67. The van der Waals surface area contributed by atoms with Gasteiger partial charge in [0.15, 0.2) is 0 Å². The minimum Gasteiger partial charge on any atom is -0.384 e. The fourth-order valence-electron chi connectivity index (χ4n) is 2.74. The van der Waals surface area contributed by atoms with Gasteiger partial charge in [0.1, 0.15) is 0 Å². The van der Waals surface area contributed by atoms with E-state index in [9.17, 15) is 0 Å². The minimum atomic E-state index is 0.556. The molecule has 0 radical (unpaired) electrons. The lowest BCUT2D eigenvalue weighted by Gasteiger charge is -2.14. The van der Waals surface area contributed by atoms with E-state index >= 15 is 0 Å². The maximum absolute atomic E-state index is 4.49. The number of aromatic nitrogens is 1. The highest BCUT2D eigenvalue weighted by atomic mass is 14.9. The third-order valence-corrected chi connectivity index (χ3v) is 4.11. The molecule has 1 unspecified atom stereocenters. The Morgan fingerprint density at radius 3 is 2.77 bits per heavy atom. The summed E-state index contributed by atoms with van der Waals surface area (Å²) in [4.78, 5) is 4.49. The van der Waals surface area contributed by atoms with E-state index in [1.54, 1.807) is 0 Å². The molecule has 3 rings (SSSR count). The first-order valence-corrected chi connectivity index (χ1v) is 7.87. The lowest BCUT2D eigenvalue weighted by Crippen LogP contribution is -2.06. The Bertz CT molecular complexity index is 764. The van der Waals surface area contributed by atoms with E-state index < -0.39 is 0 Å². The summed E-state index contributed by atoms with van der Waals surface area (Å²) < 4.78 is 0. The fourth-order valence-corrected chi connectivity index (χ4v) is 2.74. The summed E-state index contributed by atoms with van der Waals surface area (Å²) >= 11 is 0. The quantitative estimate of drug-likeness (QED) is 0.703. The first kappa shape index (κ1) is 14.6. The molecule has 0 spiro atoms. The van der Waals surface area contributed by atoms with E-state index in [0.29, 0.717) is 5.92 Å². The Morgan fingerprint density at radius 2 is 1.91 bits per heavy atom. The smallest absolute Gasteiger partial charge is 0.0703 e. The fraction of sp³-hybridized carbons (Fsp3) is 0.250. The minimum absolute atomic E-state index is 0.556. The van der Waals surface area contributed by atoms with Crippen LogP contribution >= 0.6 is 0 Å². The van der Waals surface area contributed by atoms with Crippen molar-refractivity contribution in [1.82, 2.24) is 4.98 Å². The molecule has 0 saturated heterocycles. The molecule has 1 atom stereocenters. The van der Waals surface area contributed by atoms with E-state index in [1.807, 2.05) is 24.4 Å². The Labute approximate surface area is 132 Å². The number of hydrogen-bond donors (Lipinski definition) is 1. The molecule has 3 aromatic rings. The van der Waals surface area contributed by atoms with Crippen molar-refractivity contribution in [1.29, 1.82) is 0 Å². The van der Waals surface area contributed by atoms with Crippen LogP contribution in [-0.4, -0.2) is 11.5 Å². The molecule has 0 saturated carbocycles. The first-order valence-electron chi connectivity index (χ1n) is 7.87. The van der Waals surface area contributed by atoms with Crippen LogP contribution in [0.25, 0.3) is 10.9 Å². The van der Waals surface area contributed by atoms with Gasteiger partial charge in [-0.05, 0) is 37.0 Å². The van der Waals surface area contributed by atoms with Gasteiger partial charge in [0.05, 0.1) is 17.4 Å².